The van der Waals surface area contributed by atoms with Gasteiger partial charge in [0.25, 0.3) is 0 Å². The summed E-state index contributed by atoms with van der Waals surface area (Å²) in [5.41, 5.74) is 0.455. The second-order valence-corrected chi connectivity index (χ2v) is 9.31. The summed E-state index contributed by atoms with van der Waals surface area (Å²) in [4.78, 5) is 40.1. The topological polar surface area (TPSA) is 66.5 Å². The van der Waals surface area contributed by atoms with Crippen LogP contribution in [-0.4, -0.2) is 28.7 Å². The van der Waals surface area contributed by atoms with Gasteiger partial charge in [-0.25, -0.2) is 0 Å². The van der Waals surface area contributed by atoms with Crippen molar-refractivity contribution in [3.05, 3.63) is 39.8 Å². The summed E-state index contributed by atoms with van der Waals surface area (Å²) < 4.78 is 0.800. The molecule has 0 spiro atoms. The number of likely N-dealkylation sites (tertiary alicyclic amines) is 1. The van der Waals surface area contributed by atoms with E-state index in [4.69, 9.17) is 11.6 Å². The Hall–Kier alpha value is -1.66. The Morgan fingerprint density at radius 2 is 1.78 bits per heavy atom. The Morgan fingerprint density at radius 3 is 2.33 bits per heavy atom. The fourth-order valence-electron chi connectivity index (χ4n) is 5.31. The van der Waals surface area contributed by atoms with E-state index in [1.807, 2.05) is 0 Å². The van der Waals surface area contributed by atoms with Crippen molar-refractivity contribution < 1.29 is 14.4 Å². The summed E-state index contributed by atoms with van der Waals surface area (Å²) in [5, 5.41) is 3.13. The first-order valence-electron chi connectivity index (χ1n) is 9.19. The molecule has 7 atom stereocenters. The minimum absolute atomic E-state index is 0.155. The maximum atomic E-state index is 13.1. The second-order valence-electron chi connectivity index (χ2n) is 7.99. The number of imide groups is 1. The van der Waals surface area contributed by atoms with Crippen LogP contribution >= 0.6 is 27.5 Å². The van der Waals surface area contributed by atoms with E-state index in [1.54, 1.807) is 25.1 Å². The highest BCUT2D eigenvalue weighted by Crippen LogP contribution is 2.65. The number of allylic oxidation sites excluding steroid dienone is 2. The first-order chi connectivity index (χ1) is 12.9. The number of halogens is 2. The number of rotatable bonds is 3. The number of hydrogen-bond donors (Lipinski definition) is 1. The lowest BCUT2D eigenvalue weighted by Gasteiger charge is -2.37. The molecule has 1 aromatic carbocycles. The van der Waals surface area contributed by atoms with Crippen LogP contribution in [0.25, 0.3) is 0 Å². The van der Waals surface area contributed by atoms with Crippen LogP contribution in [0.3, 0.4) is 0 Å². The van der Waals surface area contributed by atoms with Gasteiger partial charge in [0.05, 0.1) is 22.5 Å². The van der Waals surface area contributed by atoms with Crippen LogP contribution in [0.1, 0.15) is 13.3 Å². The van der Waals surface area contributed by atoms with Crippen molar-refractivity contribution in [1.82, 2.24) is 4.90 Å². The van der Waals surface area contributed by atoms with Gasteiger partial charge in [0.15, 0.2) is 0 Å². The maximum Gasteiger partial charge on any atom is 0.247 e. The third-order valence-corrected chi connectivity index (χ3v) is 7.46. The summed E-state index contributed by atoms with van der Waals surface area (Å²) >= 11 is 9.48. The Morgan fingerprint density at radius 1 is 1.19 bits per heavy atom. The van der Waals surface area contributed by atoms with Gasteiger partial charge in [-0.3, -0.25) is 19.3 Å². The molecule has 7 heteroatoms. The lowest BCUT2D eigenvalue weighted by atomic mass is 9.63. The molecule has 6 rings (SSSR count). The van der Waals surface area contributed by atoms with Crippen LogP contribution in [0.15, 0.2) is 34.8 Å². The molecular weight excluding hydrogens is 432 g/mol. The molecule has 5 nitrogen and oxygen atoms in total. The van der Waals surface area contributed by atoms with Gasteiger partial charge in [-0.2, -0.15) is 0 Å². The molecule has 2 bridgehead atoms. The monoisotopic (exact) mass is 448 g/mol. The van der Waals surface area contributed by atoms with Crippen LogP contribution in [0.2, 0.25) is 5.02 Å². The van der Waals surface area contributed by atoms with Gasteiger partial charge in [-0.15, -0.1) is 0 Å². The number of carbonyl (C=O) groups excluding carboxylic acids is 3. The normalized spacial score (nSPS) is 36.5. The van der Waals surface area contributed by atoms with Crippen molar-refractivity contribution in [1.29, 1.82) is 0 Å². The fraction of sp³-hybridized carbons (Fsp3) is 0.450. The van der Waals surface area contributed by atoms with Crippen LogP contribution in [-0.2, 0) is 14.4 Å². The Bertz CT molecular complexity index is 880. The lowest BCUT2D eigenvalue weighted by Crippen LogP contribution is -2.46. The van der Waals surface area contributed by atoms with Crippen molar-refractivity contribution in [2.75, 3.05) is 5.32 Å². The molecule has 140 valence electrons. The summed E-state index contributed by atoms with van der Waals surface area (Å²) in [6.07, 6.45) is 5.37. The van der Waals surface area contributed by atoms with Gasteiger partial charge in [0.2, 0.25) is 17.7 Å². The van der Waals surface area contributed by atoms with Crippen molar-refractivity contribution in [2.45, 2.75) is 19.4 Å². The van der Waals surface area contributed by atoms with Crippen LogP contribution in [0.5, 0.6) is 0 Å². The average molecular weight is 450 g/mol. The summed E-state index contributed by atoms with van der Waals surface area (Å²) in [6.45, 7) is 1.60. The number of hydrogen-bond acceptors (Lipinski definition) is 3. The molecule has 1 aliphatic heterocycles. The number of anilines is 1. The van der Waals surface area contributed by atoms with Gasteiger partial charge in [0.1, 0.15) is 6.04 Å². The molecule has 3 fully saturated rings. The molecule has 1 N–H and O–H groups in total. The molecular formula is C20H18BrClN2O3. The number of benzene rings is 1. The van der Waals surface area contributed by atoms with E-state index < -0.39 is 11.9 Å². The zero-order valence-corrected chi connectivity index (χ0v) is 16.9. The molecule has 4 aliphatic carbocycles. The molecule has 1 aromatic rings. The summed E-state index contributed by atoms with van der Waals surface area (Å²) in [6, 6.07) is 4.26. The van der Waals surface area contributed by atoms with E-state index in [0.717, 1.165) is 10.9 Å². The molecule has 27 heavy (non-hydrogen) atoms. The molecule has 0 radical (unpaired) electrons. The third-order valence-electron chi connectivity index (χ3n) is 6.65. The van der Waals surface area contributed by atoms with E-state index in [-0.39, 0.29) is 35.5 Å². The number of amides is 3. The highest BCUT2D eigenvalue weighted by atomic mass is 79.9. The van der Waals surface area contributed by atoms with E-state index in [2.05, 4.69) is 33.4 Å². The Balaban J connectivity index is 1.38. The minimum Gasteiger partial charge on any atom is -0.323 e. The van der Waals surface area contributed by atoms with Crippen molar-refractivity contribution in [3.63, 3.8) is 0 Å². The van der Waals surface area contributed by atoms with E-state index in [0.29, 0.717) is 22.5 Å². The SMILES string of the molecule is C[C@H](C(=O)Nc1ccc(Br)cc1Cl)N1C(=O)[C@@H]2[C@@H]3C=C[C@H]([C@H]4C[C@H]34)[C@@H]2C1=O. The molecule has 2 saturated carbocycles. The molecule has 0 aromatic heterocycles. The van der Waals surface area contributed by atoms with E-state index >= 15 is 0 Å². The number of carbonyl (C=O) groups is 3. The predicted molar refractivity (Wildman–Crippen MR) is 104 cm³/mol. The summed E-state index contributed by atoms with van der Waals surface area (Å²) in [5.74, 6) is 0.0200. The molecule has 5 aliphatic rings. The quantitative estimate of drug-likeness (QED) is 0.567. The van der Waals surface area contributed by atoms with Crippen LogP contribution < -0.4 is 5.32 Å². The highest BCUT2D eigenvalue weighted by molar-refractivity contribution is 9.10. The number of nitrogens with one attached hydrogen (secondary N) is 1. The summed E-state index contributed by atoms with van der Waals surface area (Å²) in [7, 11) is 0. The molecule has 0 unspecified atom stereocenters. The predicted octanol–water partition coefficient (Wildman–Crippen LogP) is 3.48. The zero-order valence-electron chi connectivity index (χ0n) is 14.6. The standard InChI is InChI=1S/C20H18BrClN2O3/c1-8(18(25)23-15-5-2-9(21)6-14(15)22)24-19(26)16-10-3-4-11(13-7-12(10)13)17(16)20(24)27/h2-6,8,10-13,16-17H,7H2,1H3,(H,23,25)/t8-,10-,11-,12-,13-,16-,17+/m1/s1. The largest absolute Gasteiger partial charge is 0.323 e. The van der Waals surface area contributed by atoms with Gasteiger partial charge < -0.3 is 5.32 Å². The minimum atomic E-state index is -0.869. The lowest BCUT2D eigenvalue weighted by molar-refractivity contribution is -0.146. The number of nitrogens with zero attached hydrogens (tertiary/aromatic N) is 1. The van der Waals surface area contributed by atoms with Crippen LogP contribution in [0.4, 0.5) is 5.69 Å². The smallest absolute Gasteiger partial charge is 0.247 e. The fourth-order valence-corrected chi connectivity index (χ4v) is 6.03. The van der Waals surface area contributed by atoms with Gasteiger partial charge in [0, 0.05) is 4.47 Å². The maximum absolute atomic E-state index is 13.1. The average Bonchev–Trinajstić information content (AvgIpc) is 3.41. The molecule has 1 saturated heterocycles. The first kappa shape index (κ1) is 17.4. The first-order valence-corrected chi connectivity index (χ1v) is 10.4. The van der Waals surface area contributed by atoms with Gasteiger partial charge >= 0.3 is 0 Å². The Kier molecular flexibility index (Phi) is 3.82. The highest BCUT2D eigenvalue weighted by Gasteiger charge is 2.67. The molecule has 1 heterocycles. The second kappa shape index (κ2) is 5.92. The zero-order chi connectivity index (χ0) is 19.0. The van der Waals surface area contributed by atoms with Crippen molar-refractivity contribution in [3.8, 4) is 0 Å². The van der Waals surface area contributed by atoms with Crippen LogP contribution in [0, 0.1) is 35.5 Å². The molecule has 3 amide bonds. The van der Waals surface area contributed by atoms with E-state index in [9.17, 15) is 14.4 Å². The van der Waals surface area contributed by atoms with Gasteiger partial charge in [-0.05, 0) is 55.2 Å². The van der Waals surface area contributed by atoms with Gasteiger partial charge in [-0.1, -0.05) is 39.7 Å². The van der Waals surface area contributed by atoms with Crippen molar-refractivity contribution in [2.24, 2.45) is 35.5 Å². The third kappa shape index (κ3) is 2.46. The Labute approximate surface area is 170 Å². The van der Waals surface area contributed by atoms with E-state index in [1.165, 1.54) is 4.90 Å². The van der Waals surface area contributed by atoms with Crippen molar-refractivity contribution >= 4 is 50.9 Å².